The van der Waals surface area contributed by atoms with Crippen LogP contribution in [0.1, 0.15) is 10.4 Å². The highest BCUT2D eigenvalue weighted by Crippen LogP contribution is 2.14. The van der Waals surface area contributed by atoms with Crippen molar-refractivity contribution in [3.05, 3.63) is 76.5 Å². The lowest BCUT2D eigenvalue weighted by molar-refractivity contribution is 0.0957. The summed E-state index contributed by atoms with van der Waals surface area (Å²) < 4.78 is 37.3. The minimum atomic E-state index is -3.64. The third-order valence-electron chi connectivity index (χ3n) is 3.88. The smallest absolute Gasteiger partial charge is 0.255 e. The van der Waals surface area contributed by atoms with Gasteiger partial charge in [-0.2, -0.15) is 0 Å². The molecular weight excluding hydrogens is 359 g/mol. The van der Waals surface area contributed by atoms with Crippen molar-refractivity contribution in [2.75, 3.05) is 12.3 Å². The van der Waals surface area contributed by atoms with Crippen LogP contribution in [0.15, 0.2) is 64.4 Å². The van der Waals surface area contributed by atoms with E-state index in [1.165, 1.54) is 18.3 Å². The van der Waals surface area contributed by atoms with Gasteiger partial charge in [-0.25, -0.2) is 12.8 Å². The molecule has 3 aromatic rings. The molecule has 0 saturated heterocycles. The molecule has 0 atom stereocenters. The number of carbonyl (C=O) groups is 1. The van der Waals surface area contributed by atoms with Crippen LogP contribution in [0.25, 0.3) is 10.8 Å². The number of hydrogen-bond donors (Lipinski definition) is 2. The molecule has 1 heterocycles. The highest BCUT2D eigenvalue weighted by atomic mass is 32.2. The summed E-state index contributed by atoms with van der Waals surface area (Å²) in [5.41, 5.74) is -0.0598. The Hall–Kier alpha value is -3.00. The molecule has 0 fully saturated rings. The van der Waals surface area contributed by atoms with Gasteiger partial charge in [-0.05, 0) is 30.3 Å². The van der Waals surface area contributed by atoms with Gasteiger partial charge in [0.25, 0.3) is 11.5 Å². The average molecular weight is 374 g/mol. The van der Waals surface area contributed by atoms with Gasteiger partial charge in [0.2, 0.25) is 0 Å². The van der Waals surface area contributed by atoms with Crippen LogP contribution in [0.2, 0.25) is 0 Å². The van der Waals surface area contributed by atoms with E-state index >= 15 is 0 Å². The van der Waals surface area contributed by atoms with E-state index in [1.807, 2.05) is 0 Å². The van der Waals surface area contributed by atoms with Gasteiger partial charge in [0, 0.05) is 23.5 Å². The maximum Gasteiger partial charge on any atom is 0.255 e. The molecule has 0 aliphatic carbocycles. The van der Waals surface area contributed by atoms with E-state index in [9.17, 15) is 22.4 Å². The molecule has 134 valence electrons. The van der Waals surface area contributed by atoms with Crippen molar-refractivity contribution in [1.29, 1.82) is 0 Å². The SMILES string of the molecule is O=C(NCCS(=O)(=O)c1ccc(F)cc1)c1c[nH]c(=O)c2ccccc12. The number of carbonyl (C=O) groups excluding carboxylic acids is 1. The highest BCUT2D eigenvalue weighted by Gasteiger charge is 2.16. The maximum atomic E-state index is 12.9. The summed E-state index contributed by atoms with van der Waals surface area (Å²) in [6, 6.07) is 11.1. The predicted molar refractivity (Wildman–Crippen MR) is 95.4 cm³/mol. The fourth-order valence-electron chi connectivity index (χ4n) is 2.55. The number of amides is 1. The molecule has 0 radical (unpaired) electrons. The molecule has 0 aliphatic heterocycles. The standard InChI is InChI=1S/C18H15FN2O4S/c19-12-5-7-13(8-6-12)26(24,25)10-9-20-18(23)16-11-21-17(22)15-4-2-1-3-14(15)16/h1-8,11H,9-10H2,(H,20,23)(H,21,22). The normalized spacial score (nSPS) is 11.4. The second-order valence-electron chi connectivity index (χ2n) is 5.61. The van der Waals surface area contributed by atoms with Crippen LogP contribution in [0.5, 0.6) is 0 Å². The maximum absolute atomic E-state index is 12.9. The number of benzene rings is 2. The second kappa shape index (κ2) is 7.09. The Morgan fingerprint density at radius 1 is 1.04 bits per heavy atom. The van der Waals surface area contributed by atoms with Gasteiger partial charge in [0.1, 0.15) is 5.82 Å². The highest BCUT2D eigenvalue weighted by molar-refractivity contribution is 7.91. The summed E-state index contributed by atoms with van der Waals surface area (Å²) in [7, 11) is -3.64. The summed E-state index contributed by atoms with van der Waals surface area (Å²) in [6.45, 7) is -0.119. The molecule has 1 amide bonds. The molecule has 0 bridgehead atoms. The predicted octanol–water partition coefficient (Wildman–Crippen LogP) is 1.87. The van der Waals surface area contributed by atoms with E-state index in [-0.39, 0.29) is 28.3 Å². The van der Waals surface area contributed by atoms with Crippen molar-refractivity contribution in [2.45, 2.75) is 4.90 Å². The molecule has 2 aromatic carbocycles. The first-order chi connectivity index (χ1) is 12.4. The Morgan fingerprint density at radius 2 is 1.69 bits per heavy atom. The molecule has 26 heavy (non-hydrogen) atoms. The van der Waals surface area contributed by atoms with Crippen molar-refractivity contribution in [1.82, 2.24) is 10.3 Å². The quantitative estimate of drug-likeness (QED) is 0.667. The number of aromatic nitrogens is 1. The number of sulfone groups is 1. The number of aromatic amines is 1. The number of pyridine rings is 1. The summed E-state index contributed by atoms with van der Waals surface area (Å²) in [6.07, 6.45) is 1.30. The third kappa shape index (κ3) is 3.65. The molecule has 0 spiro atoms. The number of hydrogen-bond acceptors (Lipinski definition) is 4. The van der Waals surface area contributed by atoms with E-state index in [0.29, 0.717) is 10.8 Å². The van der Waals surface area contributed by atoms with E-state index in [2.05, 4.69) is 10.3 Å². The zero-order valence-corrected chi connectivity index (χ0v) is 14.3. The largest absolute Gasteiger partial charge is 0.351 e. The molecule has 8 heteroatoms. The van der Waals surface area contributed by atoms with Crippen LogP contribution in [-0.4, -0.2) is 31.6 Å². The van der Waals surface area contributed by atoms with Gasteiger partial charge in [0.05, 0.1) is 16.2 Å². The fraction of sp³-hybridized carbons (Fsp3) is 0.111. The van der Waals surface area contributed by atoms with Gasteiger partial charge in [-0.15, -0.1) is 0 Å². The second-order valence-corrected chi connectivity index (χ2v) is 7.71. The van der Waals surface area contributed by atoms with E-state index in [0.717, 1.165) is 12.1 Å². The summed E-state index contributed by atoms with van der Waals surface area (Å²) in [4.78, 5) is 26.6. The molecule has 6 nitrogen and oxygen atoms in total. The van der Waals surface area contributed by atoms with Crippen molar-refractivity contribution in [3.8, 4) is 0 Å². The first-order valence-electron chi connectivity index (χ1n) is 7.75. The number of nitrogens with one attached hydrogen (secondary N) is 2. The van der Waals surface area contributed by atoms with Crippen molar-refractivity contribution >= 4 is 26.5 Å². The first-order valence-corrected chi connectivity index (χ1v) is 9.41. The van der Waals surface area contributed by atoms with Crippen LogP contribution in [-0.2, 0) is 9.84 Å². The van der Waals surface area contributed by atoms with Crippen molar-refractivity contribution in [2.24, 2.45) is 0 Å². The Labute approximate surface area is 148 Å². The van der Waals surface area contributed by atoms with Gasteiger partial charge in [-0.3, -0.25) is 9.59 Å². The van der Waals surface area contributed by atoms with Crippen molar-refractivity contribution < 1.29 is 17.6 Å². The molecular formula is C18H15FN2O4S. The molecule has 0 unspecified atom stereocenters. The van der Waals surface area contributed by atoms with E-state index in [1.54, 1.807) is 24.3 Å². The Bertz CT molecular complexity index is 1120. The lowest BCUT2D eigenvalue weighted by atomic mass is 10.1. The Kier molecular flexibility index (Phi) is 4.85. The number of fused-ring (bicyclic) bond motifs is 1. The Balaban J connectivity index is 1.73. The Morgan fingerprint density at radius 3 is 2.38 bits per heavy atom. The molecule has 1 aromatic heterocycles. The van der Waals surface area contributed by atoms with Crippen LogP contribution in [0.4, 0.5) is 4.39 Å². The molecule has 0 saturated carbocycles. The summed E-state index contributed by atoms with van der Waals surface area (Å²) in [5.74, 6) is -1.35. The minimum absolute atomic E-state index is 0.0114. The molecule has 3 rings (SSSR count). The van der Waals surface area contributed by atoms with Gasteiger partial charge in [0.15, 0.2) is 9.84 Å². The van der Waals surface area contributed by atoms with Gasteiger partial charge >= 0.3 is 0 Å². The third-order valence-corrected chi connectivity index (χ3v) is 5.62. The van der Waals surface area contributed by atoms with Crippen LogP contribution >= 0.6 is 0 Å². The van der Waals surface area contributed by atoms with Crippen molar-refractivity contribution in [3.63, 3.8) is 0 Å². The summed E-state index contributed by atoms with van der Waals surface area (Å²) >= 11 is 0. The van der Waals surface area contributed by atoms with Gasteiger partial charge < -0.3 is 10.3 Å². The lowest BCUT2D eigenvalue weighted by Gasteiger charge is -2.08. The minimum Gasteiger partial charge on any atom is -0.351 e. The van der Waals surface area contributed by atoms with E-state index in [4.69, 9.17) is 0 Å². The number of H-pyrrole nitrogens is 1. The first kappa shape index (κ1) is 17.8. The van der Waals surface area contributed by atoms with Gasteiger partial charge in [-0.1, -0.05) is 18.2 Å². The zero-order valence-electron chi connectivity index (χ0n) is 13.5. The van der Waals surface area contributed by atoms with Crippen LogP contribution < -0.4 is 10.9 Å². The van der Waals surface area contributed by atoms with Crippen LogP contribution in [0, 0.1) is 5.82 Å². The monoisotopic (exact) mass is 374 g/mol. The fourth-order valence-corrected chi connectivity index (χ4v) is 3.71. The zero-order chi connectivity index (χ0) is 18.7. The average Bonchev–Trinajstić information content (AvgIpc) is 2.62. The molecule has 0 aliphatic rings. The lowest BCUT2D eigenvalue weighted by Crippen LogP contribution is -2.30. The number of halogens is 1. The van der Waals surface area contributed by atoms with E-state index < -0.39 is 21.6 Å². The number of rotatable bonds is 5. The van der Waals surface area contributed by atoms with Crippen LogP contribution in [0.3, 0.4) is 0 Å². The topological polar surface area (TPSA) is 96.1 Å². The summed E-state index contributed by atoms with van der Waals surface area (Å²) in [5, 5.41) is 3.39. The molecule has 2 N–H and O–H groups in total.